The average molecular weight is 186 g/mol. The van der Waals surface area contributed by atoms with Crippen molar-refractivity contribution in [2.24, 2.45) is 0 Å². The molecule has 0 unspecified atom stereocenters. The van der Waals surface area contributed by atoms with Gasteiger partial charge in [-0.05, 0) is 12.2 Å². The molecule has 0 aromatic heterocycles. The van der Waals surface area contributed by atoms with Crippen LogP contribution in [0.15, 0.2) is 11.0 Å². The third-order valence-electron chi connectivity index (χ3n) is 1.06. The zero-order chi connectivity index (χ0) is 9.23. The van der Waals surface area contributed by atoms with Crippen LogP contribution in [0.2, 0.25) is 0 Å². The quantitative estimate of drug-likeness (QED) is 0.644. The lowest BCUT2D eigenvalue weighted by Gasteiger charge is -1.98. The number of hydrogen-bond acceptors (Lipinski definition) is 3. The van der Waals surface area contributed by atoms with Crippen molar-refractivity contribution in [2.75, 3.05) is 19.0 Å². The molecule has 0 radical (unpaired) electrons. The highest BCUT2D eigenvalue weighted by molar-refractivity contribution is 8.03. The fraction of sp³-hybridized carbons (Fsp3) is 0.556. The maximum absolute atomic E-state index is 8.83. The fourth-order valence-corrected chi connectivity index (χ4v) is 1.24. The first-order valence-electron chi connectivity index (χ1n) is 3.87. The molecule has 2 nitrogen and oxygen atoms in total. The Balaban J connectivity index is 3.86. The molecule has 68 valence electrons. The van der Waals surface area contributed by atoms with Crippen LogP contribution in [0.5, 0.6) is 0 Å². The Morgan fingerprint density at radius 1 is 1.50 bits per heavy atom. The van der Waals surface area contributed by atoms with Crippen molar-refractivity contribution in [2.45, 2.75) is 13.3 Å². The Morgan fingerprint density at radius 3 is 2.75 bits per heavy atom. The van der Waals surface area contributed by atoms with Gasteiger partial charge in [-0.3, -0.25) is 0 Å². The first kappa shape index (κ1) is 11.6. The second-order valence-corrected chi connectivity index (χ2v) is 3.32. The summed E-state index contributed by atoms with van der Waals surface area (Å²) in [6, 6.07) is 0. The summed E-state index contributed by atoms with van der Waals surface area (Å²) in [5.41, 5.74) is 0. The third-order valence-corrected chi connectivity index (χ3v) is 2.29. The van der Waals surface area contributed by atoms with Gasteiger partial charge in [0.2, 0.25) is 0 Å². The minimum Gasteiger partial charge on any atom is -0.391 e. The van der Waals surface area contributed by atoms with E-state index in [0.717, 1.165) is 17.1 Å². The lowest BCUT2D eigenvalue weighted by molar-refractivity contribution is 0.339. The Labute approximate surface area is 77.7 Å². The van der Waals surface area contributed by atoms with Gasteiger partial charge in [0.05, 0.1) is 6.61 Å². The normalized spacial score (nSPS) is 10.8. The van der Waals surface area contributed by atoms with Crippen LogP contribution in [0.4, 0.5) is 0 Å². The molecular formula is C9H14O2S. The first-order valence-corrected chi connectivity index (χ1v) is 4.85. The third kappa shape index (κ3) is 6.29. The topological polar surface area (TPSA) is 40.5 Å². The second kappa shape index (κ2) is 8.66. The van der Waals surface area contributed by atoms with E-state index in [1.165, 1.54) is 0 Å². The van der Waals surface area contributed by atoms with E-state index in [-0.39, 0.29) is 13.2 Å². The average Bonchev–Trinajstić information content (AvgIpc) is 2.11. The minimum atomic E-state index is -0.131. The van der Waals surface area contributed by atoms with Crippen LogP contribution in [-0.4, -0.2) is 29.2 Å². The summed E-state index contributed by atoms with van der Waals surface area (Å²) in [6.07, 6.45) is 2.73. The Morgan fingerprint density at radius 2 is 2.25 bits per heavy atom. The van der Waals surface area contributed by atoms with Crippen LogP contribution in [0, 0.1) is 11.8 Å². The van der Waals surface area contributed by atoms with E-state index in [2.05, 4.69) is 18.8 Å². The summed E-state index contributed by atoms with van der Waals surface area (Å²) >= 11 is 1.60. The van der Waals surface area contributed by atoms with Gasteiger partial charge in [-0.2, -0.15) is 0 Å². The Hall–Kier alpha value is -0.430. The second-order valence-electron chi connectivity index (χ2n) is 2.10. The fourth-order valence-electron chi connectivity index (χ4n) is 0.543. The van der Waals surface area contributed by atoms with Gasteiger partial charge in [-0.15, -0.1) is 11.8 Å². The SMILES string of the molecule is CCCS/C(=C\C#CCO)CO. The molecule has 3 heteroatoms. The lowest BCUT2D eigenvalue weighted by atomic mass is 10.5. The zero-order valence-electron chi connectivity index (χ0n) is 7.21. The molecule has 0 fully saturated rings. The van der Waals surface area contributed by atoms with Crippen molar-refractivity contribution in [3.8, 4) is 11.8 Å². The van der Waals surface area contributed by atoms with Crippen LogP contribution < -0.4 is 0 Å². The molecule has 2 N–H and O–H groups in total. The molecule has 0 amide bonds. The van der Waals surface area contributed by atoms with Crippen molar-refractivity contribution in [3.05, 3.63) is 11.0 Å². The number of hydrogen-bond donors (Lipinski definition) is 2. The summed E-state index contributed by atoms with van der Waals surface area (Å²) in [5.74, 6) is 6.14. The molecule has 0 atom stereocenters. The summed E-state index contributed by atoms with van der Waals surface area (Å²) in [6.45, 7) is 1.99. The standard InChI is InChI=1S/C9H14O2S/c1-2-7-12-9(8-11)5-3-4-6-10/h5,10-11H,2,6-8H2,1H3/b9-5-. The van der Waals surface area contributed by atoms with Gasteiger partial charge in [0.1, 0.15) is 6.61 Å². The number of rotatable bonds is 4. The number of aliphatic hydroxyl groups excluding tert-OH is 2. The zero-order valence-corrected chi connectivity index (χ0v) is 8.02. The minimum absolute atomic E-state index is 0.0325. The molecule has 12 heavy (non-hydrogen) atoms. The summed E-state index contributed by atoms with van der Waals surface area (Å²) < 4.78 is 0. The van der Waals surface area contributed by atoms with Crippen molar-refractivity contribution >= 4 is 11.8 Å². The van der Waals surface area contributed by atoms with Crippen LogP contribution in [0.1, 0.15) is 13.3 Å². The van der Waals surface area contributed by atoms with Crippen molar-refractivity contribution in [3.63, 3.8) is 0 Å². The highest BCUT2D eigenvalue weighted by Gasteiger charge is 1.92. The number of allylic oxidation sites excluding steroid dienone is 1. The van der Waals surface area contributed by atoms with Crippen LogP contribution in [0.25, 0.3) is 0 Å². The van der Waals surface area contributed by atoms with Crippen LogP contribution in [0.3, 0.4) is 0 Å². The molecule has 0 heterocycles. The molecule has 0 aromatic rings. The van der Waals surface area contributed by atoms with Crippen molar-refractivity contribution in [1.82, 2.24) is 0 Å². The van der Waals surface area contributed by atoms with Crippen LogP contribution in [-0.2, 0) is 0 Å². The number of aliphatic hydroxyl groups is 2. The van der Waals surface area contributed by atoms with Gasteiger partial charge >= 0.3 is 0 Å². The van der Waals surface area contributed by atoms with E-state index >= 15 is 0 Å². The highest BCUT2D eigenvalue weighted by atomic mass is 32.2. The van der Waals surface area contributed by atoms with Gasteiger partial charge < -0.3 is 10.2 Å². The van der Waals surface area contributed by atoms with Crippen molar-refractivity contribution < 1.29 is 10.2 Å². The maximum atomic E-state index is 8.83. The molecule has 0 spiro atoms. The molecular weight excluding hydrogens is 172 g/mol. The summed E-state index contributed by atoms with van der Waals surface area (Å²) in [5, 5.41) is 17.2. The molecule has 0 aromatic carbocycles. The summed E-state index contributed by atoms with van der Waals surface area (Å²) in [4.78, 5) is 0.859. The van der Waals surface area contributed by atoms with E-state index in [1.807, 2.05) is 0 Å². The van der Waals surface area contributed by atoms with Crippen LogP contribution >= 0.6 is 11.8 Å². The van der Waals surface area contributed by atoms with E-state index in [9.17, 15) is 0 Å². The largest absolute Gasteiger partial charge is 0.391 e. The molecule has 0 saturated heterocycles. The predicted molar refractivity (Wildman–Crippen MR) is 52.8 cm³/mol. The van der Waals surface area contributed by atoms with E-state index in [4.69, 9.17) is 10.2 Å². The Bertz CT molecular complexity index is 188. The first-order chi connectivity index (χ1) is 5.85. The van der Waals surface area contributed by atoms with Gasteiger partial charge in [0.25, 0.3) is 0 Å². The molecule has 0 rings (SSSR count). The monoisotopic (exact) mass is 186 g/mol. The van der Waals surface area contributed by atoms with E-state index in [0.29, 0.717) is 0 Å². The van der Waals surface area contributed by atoms with Gasteiger partial charge in [0, 0.05) is 11.0 Å². The molecule has 0 saturated carbocycles. The van der Waals surface area contributed by atoms with E-state index < -0.39 is 0 Å². The summed E-state index contributed by atoms with van der Waals surface area (Å²) in [7, 11) is 0. The van der Waals surface area contributed by atoms with Crippen molar-refractivity contribution in [1.29, 1.82) is 0 Å². The maximum Gasteiger partial charge on any atom is 0.104 e. The molecule has 0 aliphatic rings. The molecule has 0 aliphatic heterocycles. The van der Waals surface area contributed by atoms with Gasteiger partial charge in [-0.1, -0.05) is 18.8 Å². The lowest BCUT2D eigenvalue weighted by Crippen LogP contribution is -1.86. The van der Waals surface area contributed by atoms with Gasteiger partial charge in [-0.25, -0.2) is 0 Å². The smallest absolute Gasteiger partial charge is 0.104 e. The van der Waals surface area contributed by atoms with E-state index in [1.54, 1.807) is 17.8 Å². The molecule has 0 aliphatic carbocycles. The number of thioether (sulfide) groups is 1. The van der Waals surface area contributed by atoms with Gasteiger partial charge in [0.15, 0.2) is 0 Å². The molecule has 0 bridgehead atoms. The predicted octanol–water partition coefficient (Wildman–Crippen LogP) is 1.00. The highest BCUT2D eigenvalue weighted by Crippen LogP contribution is 2.14. The Kier molecular flexibility index (Phi) is 8.35.